The van der Waals surface area contributed by atoms with E-state index in [1.54, 1.807) is 6.07 Å². The molecule has 88 valence electrons. The highest BCUT2D eigenvalue weighted by atomic mass is 16.4. The monoisotopic (exact) mass is 220 g/mol. The van der Waals surface area contributed by atoms with Gasteiger partial charge in [0.1, 0.15) is 0 Å². The topological polar surface area (TPSA) is 37.3 Å². The molecule has 0 saturated carbocycles. The summed E-state index contributed by atoms with van der Waals surface area (Å²) in [5.41, 5.74) is 2.59. The highest BCUT2D eigenvalue weighted by molar-refractivity contribution is 5.90. The van der Waals surface area contributed by atoms with Crippen LogP contribution in [-0.2, 0) is 11.8 Å². The highest BCUT2D eigenvalue weighted by Crippen LogP contribution is 2.29. The van der Waals surface area contributed by atoms with E-state index in [9.17, 15) is 9.90 Å². The maximum atomic E-state index is 11.2. The average Bonchev–Trinajstić information content (AvgIpc) is 2.16. The molecule has 0 aromatic heterocycles. The Balaban J connectivity index is 3.38. The fourth-order valence-electron chi connectivity index (χ4n) is 2.01. The van der Waals surface area contributed by atoms with Crippen LogP contribution >= 0.6 is 0 Å². The third-order valence-corrected chi connectivity index (χ3v) is 2.71. The van der Waals surface area contributed by atoms with Crippen molar-refractivity contribution >= 4 is 5.97 Å². The van der Waals surface area contributed by atoms with Gasteiger partial charge in [0.15, 0.2) is 0 Å². The number of carboxylic acids is 1. The van der Waals surface area contributed by atoms with Crippen molar-refractivity contribution in [2.45, 2.75) is 46.0 Å². The lowest BCUT2D eigenvalue weighted by Crippen LogP contribution is -2.17. The first-order valence-corrected chi connectivity index (χ1v) is 5.73. The van der Waals surface area contributed by atoms with Crippen LogP contribution in [0, 0.1) is 0 Å². The van der Waals surface area contributed by atoms with Gasteiger partial charge in [0.25, 0.3) is 0 Å². The third kappa shape index (κ3) is 2.63. The molecular formula is C14H20O2. The molecule has 1 rings (SSSR count). The molecule has 0 aliphatic heterocycles. The van der Waals surface area contributed by atoms with Crippen LogP contribution in [0.5, 0.6) is 0 Å². The molecule has 1 aromatic carbocycles. The van der Waals surface area contributed by atoms with Gasteiger partial charge in [0.05, 0.1) is 5.56 Å². The van der Waals surface area contributed by atoms with Crippen molar-refractivity contribution in [3.05, 3.63) is 34.9 Å². The van der Waals surface area contributed by atoms with Crippen LogP contribution in [0.3, 0.4) is 0 Å². The van der Waals surface area contributed by atoms with Crippen molar-refractivity contribution in [1.82, 2.24) is 0 Å². The first-order valence-electron chi connectivity index (χ1n) is 5.73. The Labute approximate surface area is 97.3 Å². The largest absolute Gasteiger partial charge is 0.478 e. The molecule has 0 heterocycles. The van der Waals surface area contributed by atoms with E-state index in [0.717, 1.165) is 24.0 Å². The molecule has 0 unspecified atom stereocenters. The van der Waals surface area contributed by atoms with Gasteiger partial charge in [-0.3, -0.25) is 0 Å². The lowest BCUT2D eigenvalue weighted by molar-refractivity contribution is 0.0695. The summed E-state index contributed by atoms with van der Waals surface area (Å²) in [5, 5.41) is 9.18. The second-order valence-electron chi connectivity index (χ2n) is 5.14. The Morgan fingerprint density at radius 1 is 1.31 bits per heavy atom. The van der Waals surface area contributed by atoms with Crippen molar-refractivity contribution in [1.29, 1.82) is 0 Å². The Hall–Kier alpha value is -1.31. The molecule has 0 aliphatic rings. The fraction of sp³-hybridized carbons (Fsp3) is 0.500. The molecule has 0 spiro atoms. The minimum absolute atomic E-state index is 0.00400. The molecule has 0 bridgehead atoms. The second-order valence-corrected chi connectivity index (χ2v) is 5.14. The van der Waals surface area contributed by atoms with Gasteiger partial charge in [-0.25, -0.2) is 4.79 Å². The fourth-order valence-corrected chi connectivity index (χ4v) is 2.01. The van der Waals surface area contributed by atoms with E-state index in [2.05, 4.69) is 27.7 Å². The van der Waals surface area contributed by atoms with Crippen LogP contribution in [0.2, 0.25) is 0 Å². The van der Waals surface area contributed by atoms with Crippen LogP contribution in [0.4, 0.5) is 0 Å². The number of carbonyl (C=O) groups is 1. The molecule has 1 aromatic rings. The van der Waals surface area contributed by atoms with Crippen LogP contribution in [0.15, 0.2) is 18.2 Å². The van der Waals surface area contributed by atoms with Crippen molar-refractivity contribution < 1.29 is 9.90 Å². The third-order valence-electron chi connectivity index (χ3n) is 2.71. The van der Waals surface area contributed by atoms with Crippen LogP contribution < -0.4 is 0 Å². The first-order chi connectivity index (χ1) is 7.38. The summed E-state index contributed by atoms with van der Waals surface area (Å²) in [4.78, 5) is 11.2. The molecule has 2 nitrogen and oxygen atoms in total. The van der Waals surface area contributed by atoms with Gasteiger partial charge in [-0.2, -0.15) is 0 Å². The van der Waals surface area contributed by atoms with E-state index in [1.165, 1.54) is 0 Å². The minimum atomic E-state index is -0.824. The Kier molecular flexibility index (Phi) is 3.74. The second kappa shape index (κ2) is 4.69. The first kappa shape index (κ1) is 12.8. The molecular weight excluding hydrogens is 200 g/mol. The van der Waals surface area contributed by atoms with E-state index in [-0.39, 0.29) is 5.41 Å². The van der Waals surface area contributed by atoms with E-state index in [4.69, 9.17) is 0 Å². The molecule has 0 amide bonds. The zero-order chi connectivity index (χ0) is 12.3. The van der Waals surface area contributed by atoms with E-state index in [0.29, 0.717) is 5.56 Å². The number of carboxylic acid groups (broad SMARTS) is 1. The number of benzene rings is 1. The maximum absolute atomic E-state index is 11.2. The Bertz CT molecular complexity index is 386. The average molecular weight is 220 g/mol. The van der Waals surface area contributed by atoms with Crippen molar-refractivity contribution in [2.75, 3.05) is 0 Å². The molecule has 0 atom stereocenters. The number of aromatic carboxylic acids is 1. The quantitative estimate of drug-likeness (QED) is 0.844. The predicted octanol–water partition coefficient (Wildman–Crippen LogP) is 3.63. The summed E-state index contributed by atoms with van der Waals surface area (Å²) < 4.78 is 0. The van der Waals surface area contributed by atoms with Gasteiger partial charge in [-0.15, -0.1) is 0 Å². The van der Waals surface area contributed by atoms with E-state index in [1.807, 2.05) is 12.1 Å². The van der Waals surface area contributed by atoms with E-state index < -0.39 is 5.97 Å². The zero-order valence-electron chi connectivity index (χ0n) is 10.5. The maximum Gasteiger partial charge on any atom is 0.335 e. The Morgan fingerprint density at radius 3 is 2.38 bits per heavy atom. The number of rotatable bonds is 3. The van der Waals surface area contributed by atoms with Crippen LogP contribution in [-0.4, -0.2) is 11.1 Å². The van der Waals surface area contributed by atoms with Crippen molar-refractivity contribution in [3.8, 4) is 0 Å². The molecule has 1 N–H and O–H groups in total. The van der Waals surface area contributed by atoms with Crippen molar-refractivity contribution in [3.63, 3.8) is 0 Å². The van der Waals surface area contributed by atoms with Gasteiger partial charge in [-0.1, -0.05) is 46.2 Å². The van der Waals surface area contributed by atoms with Crippen LogP contribution in [0.25, 0.3) is 0 Å². The van der Waals surface area contributed by atoms with E-state index >= 15 is 0 Å². The molecule has 0 saturated heterocycles. The van der Waals surface area contributed by atoms with Gasteiger partial charge >= 0.3 is 5.97 Å². The van der Waals surface area contributed by atoms with Gasteiger partial charge in [0, 0.05) is 0 Å². The van der Waals surface area contributed by atoms with Gasteiger partial charge in [0.2, 0.25) is 0 Å². The van der Waals surface area contributed by atoms with Crippen molar-refractivity contribution in [2.24, 2.45) is 0 Å². The minimum Gasteiger partial charge on any atom is -0.478 e. The summed E-state index contributed by atoms with van der Waals surface area (Å²) in [5.74, 6) is -0.824. The smallest absolute Gasteiger partial charge is 0.335 e. The number of hydrogen-bond donors (Lipinski definition) is 1. The summed E-state index contributed by atoms with van der Waals surface area (Å²) in [6.45, 7) is 8.43. The zero-order valence-corrected chi connectivity index (χ0v) is 10.5. The molecule has 2 heteroatoms. The highest BCUT2D eigenvalue weighted by Gasteiger charge is 2.21. The lowest BCUT2D eigenvalue weighted by Gasteiger charge is -2.24. The lowest BCUT2D eigenvalue weighted by atomic mass is 9.81. The normalized spacial score (nSPS) is 11.5. The number of hydrogen-bond acceptors (Lipinski definition) is 1. The molecule has 16 heavy (non-hydrogen) atoms. The standard InChI is InChI=1S/C14H20O2/c1-5-7-10-11(13(15)16)8-6-9-12(10)14(2,3)4/h6,8-9H,5,7H2,1-4H3,(H,15,16). The summed E-state index contributed by atoms with van der Waals surface area (Å²) >= 11 is 0. The van der Waals surface area contributed by atoms with Crippen LogP contribution in [0.1, 0.15) is 55.6 Å². The summed E-state index contributed by atoms with van der Waals surface area (Å²) in [7, 11) is 0. The van der Waals surface area contributed by atoms with Gasteiger partial charge < -0.3 is 5.11 Å². The Morgan fingerprint density at radius 2 is 1.94 bits per heavy atom. The molecule has 0 fully saturated rings. The predicted molar refractivity (Wildman–Crippen MR) is 66.1 cm³/mol. The SMILES string of the molecule is CCCc1c(C(=O)O)cccc1C(C)(C)C. The molecule has 0 radical (unpaired) electrons. The summed E-state index contributed by atoms with van der Waals surface area (Å²) in [6, 6.07) is 5.57. The molecule has 0 aliphatic carbocycles. The summed E-state index contributed by atoms with van der Waals surface area (Å²) in [6.07, 6.45) is 1.79. The van der Waals surface area contributed by atoms with Gasteiger partial charge in [-0.05, 0) is 29.0 Å².